The summed E-state index contributed by atoms with van der Waals surface area (Å²) in [5.74, 6) is 1.91. The van der Waals surface area contributed by atoms with Crippen molar-refractivity contribution in [2.24, 2.45) is 23.5 Å². The first-order chi connectivity index (χ1) is 6.99. The fraction of sp³-hybridized carbons (Fsp3) is 0.917. The molecule has 0 unspecified atom stereocenters. The number of nitrogens with one attached hydrogen (secondary N) is 1. The zero-order valence-electron chi connectivity index (χ0n) is 10.5. The monoisotopic (exact) mass is 214 g/mol. The highest BCUT2D eigenvalue weighted by atomic mass is 16.1. The third kappa shape index (κ3) is 6.50. The van der Waals surface area contributed by atoms with E-state index in [1.54, 1.807) is 0 Å². The highest BCUT2D eigenvalue weighted by molar-refractivity contribution is 5.75. The average Bonchev–Trinajstić information content (AvgIpc) is 2.13. The summed E-state index contributed by atoms with van der Waals surface area (Å²) < 4.78 is 0. The number of amides is 1. The van der Waals surface area contributed by atoms with Gasteiger partial charge in [0.2, 0.25) is 5.91 Å². The number of rotatable bonds is 7. The Balaban J connectivity index is 3.84. The van der Waals surface area contributed by atoms with Crippen molar-refractivity contribution in [3.8, 4) is 0 Å². The molecule has 1 amide bonds. The van der Waals surface area contributed by atoms with Gasteiger partial charge in [-0.2, -0.15) is 0 Å². The van der Waals surface area contributed by atoms with Crippen LogP contribution in [0.1, 0.15) is 40.5 Å². The Morgan fingerprint density at radius 2 is 1.73 bits per heavy atom. The standard InChI is InChI=1S/C12H26N2O/c1-9(2)11(10(3)4)8-14-12(15)6-5-7-13/h9-11H,5-8,13H2,1-4H3,(H,14,15). The number of nitrogens with two attached hydrogens (primary N) is 1. The SMILES string of the molecule is CC(C)C(CNC(=O)CCCN)C(C)C. The van der Waals surface area contributed by atoms with E-state index in [-0.39, 0.29) is 5.91 Å². The Labute approximate surface area is 93.8 Å². The summed E-state index contributed by atoms with van der Waals surface area (Å²) in [7, 11) is 0. The highest BCUT2D eigenvalue weighted by Crippen LogP contribution is 2.19. The summed E-state index contributed by atoms with van der Waals surface area (Å²) >= 11 is 0. The number of carbonyl (C=O) groups excluding carboxylic acids is 1. The van der Waals surface area contributed by atoms with Gasteiger partial charge in [0, 0.05) is 13.0 Å². The van der Waals surface area contributed by atoms with Gasteiger partial charge in [0.1, 0.15) is 0 Å². The molecule has 0 aromatic carbocycles. The Hall–Kier alpha value is -0.570. The molecule has 0 heterocycles. The van der Waals surface area contributed by atoms with Crippen LogP contribution in [0.2, 0.25) is 0 Å². The zero-order chi connectivity index (χ0) is 11.8. The Kier molecular flexibility index (Phi) is 7.39. The molecule has 3 nitrogen and oxygen atoms in total. The smallest absolute Gasteiger partial charge is 0.220 e. The minimum Gasteiger partial charge on any atom is -0.356 e. The van der Waals surface area contributed by atoms with Gasteiger partial charge in [-0.1, -0.05) is 27.7 Å². The van der Waals surface area contributed by atoms with Crippen molar-refractivity contribution in [3.05, 3.63) is 0 Å². The normalized spacial score (nSPS) is 11.5. The molecule has 0 aliphatic heterocycles. The molecule has 0 atom stereocenters. The lowest BCUT2D eigenvalue weighted by atomic mass is 9.85. The molecule has 0 spiro atoms. The van der Waals surface area contributed by atoms with Crippen LogP contribution in [-0.2, 0) is 4.79 Å². The van der Waals surface area contributed by atoms with E-state index in [0.717, 1.165) is 13.0 Å². The molecule has 0 bridgehead atoms. The molecule has 0 saturated carbocycles. The van der Waals surface area contributed by atoms with Gasteiger partial charge in [-0.05, 0) is 30.7 Å². The van der Waals surface area contributed by atoms with Crippen LogP contribution < -0.4 is 11.1 Å². The van der Waals surface area contributed by atoms with Gasteiger partial charge in [-0.3, -0.25) is 4.79 Å². The summed E-state index contributed by atoms with van der Waals surface area (Å²) in [5.41, 5.74) is 5.35. The van der Waals surface area contributed by atoms with Crippen molar-refractivity contribution < 1.29 is 4.79 Å². The third-order valence-electron chi connectivity index (χ3n) is 2.86. The Bertz CT molecular complexity index is 170. The van der Waals surface area contributed by atoms with Crippen LogP contribution in [0.4, 0.5) is 0 Å². The number of carbonyl (C=O) groups is 1. The molecule has 0 aromatic rings. The maximum atomic E-state index is 11.4. The zero-order valence-corrected chi connectivity index (χ0v) is 10.5. The van der Waals surface area contributed by atoms with Crippen LogP contribution in [0.15, 0.2) is 0 Å². The minimum atomic E-state index is 0.131. The van der Waals surface area contributed by atoms with Gasteiger partial charge >= 0.3 is 0 Å². The molecule has 0 saturated heterocycles. The van der Waals surface area contributed by atoms with Crippen molar-refractivity contribution in [1.29, 1.82) is 0 Å². The molecule has 0 aromatic heterocycles. The molecule has 0 rings (SSSR count). The van der Waals surface area contributed by atoms with Crippen LogP contribution in [0, 0.1) is 17.8 Å². The topological polar surface area (TPSA) is 55.1 Å². The summed E-state index contributed by atoms with van der Waals surface area (Å²) in [6.07, 6.45) is 1.33. The maximum absolute atomic E-state index is 11.4. The summed E-state index contributed by atoms with van der Waals surface area (Å²) in [6.45, 7) is 10.2. The van der Waals surface area contributed by atoms with E-state index in [2.05, 4.69) is 33.0 Å². The molecule has 0 aliphatic rings. The molecule has 0 fully saturated rings. The van der Waals surface area contributed by atoms with E-state index in [4.69, 9.17) is 5.73 Å². The second-order valence-corrected chi connectivity index (χ2v) is 4.85. The molecule has 3 N–H and O–H groups in total. The lowest BCUT2D eigenvalue weighted by Crippen LogP contribution is -2.34. The second kappa shape index (κ2) is 7.69. The van der Waals surface area contributed by atoms with Gasteiger partial charge in [0.05, 0.1) is 0 Å². The van der Waals surface area contributed by atoms with Crippen LogP contribution in [0.25, 0.3) is 0 Å². The van der Waals surface area contributed by atoms with E-state index in [9.17, 15) is 4.79 Å². The summed E-state index contributed by atoms with van der Waals surface area (Å²) in [4.78, 5) is 11.4. The van der Waals surface area contributed by atoms with E-state index in [0.29, 0.717) is 30.7 Å². The predicted molar refractivity (Wildman–Crippen MR) is 64.5 cm³/mol. The quantitative estimate of drug-likeness (QED) is 0.678. The van der Waals surface area contributed by atoms with Crippen molar-refractivity contribution in [1.82, 2.24) is 5.32 Å². The van der Waals surface area contributed by atoms with E-state index in [1.807, 2.05) is 0 Å². The Morgan fingerprint density at radius 3 is 2.13 bits per heavy atom. The van der Waals surface area contributed by atoms with Crippen LogP contribution in [0.3, 0.4) is 0 Å². The van der Waals surface area contributed by atoms with E-state index >= 15 is 0 Å². The highest BCUT2D eigenvalue weighted by Gasteiger charge is 2.17. The van der Waals surface area contributed by atoms with Crippen LogP contribution >= 0.6 is 0 Å². The van der Waals surface area contributed by atoms with Crippen molar-refractivity contribution in [2.75, 3.05) is 13.1 Å². The van der Waals surface area contributed by atoms with Crippen LogP contribution in [-0.4, -0.2) is 19.0 Å². The molecular weight excluding hydrogens is 188 g/mol. The average molecular weight is 214 g/mol. The number of hydrogen-bond donors (Lipinski definition) is 2. The lowest BCUT2D eigenvalue weighted by Gasteiger charge is -2.25. The van der Waals surface area contributed by atoms with Crippen LogP contribution in [0.5, 0.6) is 0 Å². The third-order valence-corrected chi connectivity index (χ3v) is 2.86. The molecule has 90 valence electrons. The first kappa shape index (κ1) is 14.4. The minimum absolute atomic E-state index is 0.131. The predicted octanol–water partition coefficient (Wildman–Crippen LogP) is 1.77. The molecule has 15 heavy (non-hydrogen) atoms. The molecule has 0 radical (unpaired) electrons. The van der Waals surface area contributed by atoms with Gasteiger partial charge in [0.25, 0.3) is 0 Å². The maximum Gasteiger partial charge on any atom is 0.220 e. The van der Waals surface area contributed by atoms with Crippen molar-refractivity contribution >= 4 is 5.91 Å². The largest absolute Gasteiger partial charge is 0.356 e. The van der Waals surface area contributed by atoms with Crippen molar-refractivity contribution in [2.45, 2.75) is 40.5 Å². The van der Waals surface area contributed by atoms with Gasteiger partial charge in [-0.15, -0.1) is 0 Å². The fourth-order valence-electron chi connectivity index (χ4n) is 1.82. The van der Waals surface area contributed by atoms with Gasteiger partial charge in [0.15, 0.2) is 0 Å². The fourth-order valence-corrected chi connectivity index (χ4v) is 1.82. The Morgan fingerprint density at radius 1 is 1.20 bits per heavy atom. The molecule has 0 aliphatic carbocycles. The molecule has 3 heteroatoms. The summed E-state index contributed by atoms with van der Waals surface area (Å²) in [6, 6.07) is 0. The van der Waals surface area contributed by atoms with Crippen molar-refractivity contribution in [3.63, 3.8) is 0 Å². The summed E-state index contributed by atoms with van der Waals surface area (Å²) in [5, 5.41) is 2.99. The van der Waals surface area contributed by atoms with E-state index in [1.165, 1.54) is 0 Å². The second-order valence-electron chi connectivity index (χ2n) is 4.85. The number of hydrogen-bond acceptors (Lipinski definition) is 2. The molecular formula is C12H26N2O. The first-order valence-electron chi connectivity index (χ1n) is 5.95. The van der Waals surface area contributed by atoms with E-state index < -0.39 is 0 Å². The lowest BCUT2D eigenvalue weighted by molar-refractivity contribution is -0.121. The van der Waals surface area contributed by atoms with Gasteiger partial charge in [-0.25, -0.2) is 0 Å². The first-order valence-corrected chi connectivity index (χ1v) is 5.95. The van der Waals surface area contributed by atoms with Gasteiger partial charge < -0.3 is 11.1 Å².